The van der Waals surface area contributed by atoms with Gasteiger partial charge in [0.05, 0.1) is 0 Å². The zero-order valence-electron chi connectivity index (χ0n) is 14.8. The van der Waals surface area contributed by atoms with Crippen LogP contribution in [0, 0.1) is 0 Å². The molecule has 134 valence electrons. The minimum Gasteiger partial charge on any atom is -0.456 e. The molecule has 1 saturated heterocycles. The second-order valence-electron chi connectivity index (χ2n) is 6.81. The molecule has 1 amide bonds. The number of hydrogen-bond acceptors (Lipinski definition) is 3. The van der Waals surface area contributed by atoms with Gasteiger partial charge in [0.2, 0.25) is 0 Å². The maximum absolute atomic E-state index is 12.2. The highest BCUT2D eigenvalue weighted by molar-refractivity contribution is 5.83. The third-order valence-corrected chi connectivity index (χ3v) is 4.98. The van der Waals surface area contributed by atoms with Crippen LogP contribution < -0.4 is 0 Å². The van der Waals surface area contributed by atoms with Gasteiger partial charge in [-0.3, -0.25) is 9.59 Å². The summed E-state index contributed by atoms with van der Waals surface area (Å²) in [6.45, 7) is 2.70. The van der Waals surface area contributed by atoms with Crippen molar-refractivity contribution >= 4 is 22.8 Å². The number of benzene rings is 1. The van der Waals surface area contributed by atoms with Gasteiger partial charge in [-0.15, -0.1) is 0 Å². The van der Waals surface area contributed by atoms with Crippen LogP contribution in [0.4, 0.5) is 0 Å². The molecule has 0 bridgehead atoms. The van der Waals surface area contributed by atoms with Crippen molar-refractivity contribution in [2.24, 2.45) is 0 Å². The normalized spacial score (nSPS) is 17.6. The molecule has 0 aliphatic carbocycles. The van der Waals surface area contributed by atoms with Crippen LogP contribution in [0.5, 0.6) is 0 Å². The molecular weight excluding hydrogens is 316 g/mol. The van der Waals surface area contributed by atoms with Gasteiger partial charge in [-0.1, -0.05) is 18.2 Å². The lowest BCUT2D eigenvalue weighted by atomic mass is 10.0. The number of carbonyl (C=O) groups is 2. The van der Waals surface area contributed by atoms with Gasteiger partial charge in [0.15, 0.2) is 6.61 Å². The van der Waals surface area contributed by atoms with E-state index in [9.17, 15) is 9.59 Å². The van der Waals surface area contributed by atoms with Gasteiger partial charge >= 0.3 is 5.97 Å². The Labute approximate surface area is 148 Å². The monoisotopic (exact) mass is 342 g/mol. The minimum absolute atomic E-state index is 0.0721. The summed E-state index contributed by atoms with van der Waals surface area (Å²) in [5, 5.41) is 1.20. The van der Waals surface area contributed by atoms with Crippen molar-refractivity contribution < 1.29 is 14.3 Å². The molecule has 0 saturated carbocycles. The Morgan fingerprint density at radius 3 is 2.96 bits per heavy atom. The predicted molar refractivity (Wildman–Crippen MR) is 97.2 cm³/mol. The van der Waals surface area contributed by atoms with E-state index < -0.39 is 0 Å². The summed E-state index contributed by atoms with van der Waals surface area (Å²) in [4.78, 5) is 29.1. The fourth-order valence-corrected chi connectivity index (χ4v) is 3.53. The van der Waals surface area contributed by atoms with Crippen LogP contribution in [0.25, 0.3) is 10.9 Å². The van der Waals surface area contributed by atoms with Crippen molar-refractivity contribution in [3.05, 3.63) is 36.0 Å². The Morgan fingerprint density at radius 2 is 2.12 bits per heavy atom. The smallest absolute Gasteiger partial charge is 0.306 e. The summed E-state index contributed by atoms with van der Waals surface area (Å²) in [7, 11) is 0. The summed E-state index contributed by atoms with van der Waals surface area (Å²) in [5.74, 6) is -0.366. The van der Waals surface area contributed by atoms with Crippen LogP contribution in [0.2, 0.25) is 0 Å². The molecule has 5 nitrogen and oxygen atoms in total. The zero-order chi connectivity index (χ0) is 17.6. The first-order valence-corrected chi connectivity index (χ1v) is 9.15. The van der Waals surface area contributed by atoms with Crippen LogP contribution >= 0.6 is 0 Å². The van der Waals surface area contributed by atoms with Crippen molar-refractivity contribution in [1.82, 2.24) is 9.88 Å². The van der Waals surface area contributed by atoms with Gasteiger partial charge in [0, 0.05) is 36.1 Å². The number of aromatic nitrogens is 1. The second-order valence-corrected chi connectivity index (χ2v) is 6.81. The molecule has 2 heterocycles. The van der Waals surface area contributed by atoms with E-state index in [0.29, 0.717) is 6.42 Å². The molecule has 1 aliphatic rings. The Kier molecular flexibility index (Phi) is 5.74. The average molecular weight is 342 g/mol. The molecule has 25 heavy (non-hydrogen) atoms. The number of hydrogen-bond donors (Lipinski definition) is 1. The molecule has 1 aliphatic heterocycles. The van der Waals surface area contributed by atoms with Crippen molar-refractivity contribution in [3.63, 3.8) is 0 Å². The topological polar surface area (TPSA) is 62.4 Å². The lowest BCUT2D eigenvalue weighted by Crippen LogP contribution is -2.44. The highest BCUT2D eigenvalue weighted by Gasteiger charge is 2.23. The highest BCUT2D eigenvalue weighted by atomic mass is 16.5. The number of ether oxygens (including phenoxy) is 1. The average Bonchev–Trinajstić information content (AvgIpc) is 3.03. The number of esters is 1. The number of nitrogens with zero attached hydrogens (tertiary/aromatic N) is 1. The number of fused-ring (bicyclic) bond motifs is 1. The van der Waals surface area contributed by atoms with Crippen molar-refractivity contribution in [1.29, 1.82) is 0 Å². The fourth-order valence-electron chi connectivity index (χ4n) is 3.53. The van der Waals surface area contributed by atoms with E-state index in [0.717, 1.165) is 37.7 Å². The molecule has 1 atom stereocenters. The number of aryl methyl sites for hydroxylation is 1. The lowest BCUT2D eigenvalue weighted by molar-refractivity contribution is -0.153. The van der Waals surface area contributed by atoms with E-state index in [2.05, 4.69) is 18.0 Å². The number of aromatic amines is 1. The number of nitrogens with one attached hydrogen (secondary N) is 1. The number of carbonyl (C=O) groups excluding carboxylic acids is 2. The quantitative estimate of drug-likeness (QED) is 0.818. The highest BCUT2D eigenvalue weighted by Crippen LogP contribution is 2.20. The first kappa shape index (κ1) is 17.5. The fraction of sp³-hybridized carbons (Fsp3) is 0.500. The van der Waals surface area contributed by atoms with E-state index in [1.807, 2.05) is 29.3 Å². The number of amides is 1. The standard InChI is InChI=1S/C20H26N2O3/c1-15-7-4-5-12-22(15)19(23)14-25-20(24)11-6-8-16-13-21-18-10-3-2-9-17(16)18/h2-3,9-10,13,15,21H,4-8,11-12,14H2,1H3/t15-/m0/s1. The molecule has 2 aromatic rings. The Morgan fingerprint density at radius 1 is 1.28 bits per heavy atom. The molecule has 0 radical (unpaired) electrons. The molecule has 5 heteroatoms. The van der Waals surface area contributed by atoms with Crippen LogP contribution in [-0.2, 0) is 20.7 Å². The van der Waals surface area contributed by atoms with Gasteiger partial charge < -0.3 is 14.6 Å². The number of likely N-dealkylation sites (tertiary alicyclic amines) is 1. The van der Waals surface area contributed by atoms with Crippen molar-refractivity contribution in [2.75, 3.05) is 13.2 Å². The lowest BCUT2D eigenvalue weighted by Gasteiger charge is -2.33. The van der Waals surface area contributed by atoms with Gasteiger partial charge in [0.1, 0.15) is 0 Å². The van der Waals surface area contributed by atoms with Crippen LogP contribution in [0.1, 0.15) is 44.6 Å². The van der Waals surface area contributed by atoms with E-state index in [4.69, 9.17) is 4.74 Å². The third-order valence-electron chi connectivity index (χ3n) is 4.98. The molecule has 0 unspecified atom stereocenters. The number of para-hydroxylation sites is 1. The van der Waals surface area contributed by atoms with Crippen LogP contribution in [0.15, 0.2) is 30.5 Å². The summed E-state index contributed by atoms with van der Waals surface area (Å²) in [6.07, 6.45) is 7.10. The van der Waals surface area contributed by atoms with E-state index >= 15 is 0 Å². The summed E-state index contributed by atoms with van der Waals surface area (Å²) in [6, 6.07) is 8.39. The Balaban J connectivity index is 1.40. The Bertz CT molecular complexity index is 737. The van der Waals surface area contributed by atoms with Crippen LogP contribution in [-0.4, -0.2) is 41.0 Å². The summed E-state index contributed by atoms with van der Waals surface area (Å²) >= 11 is 0. The summed E-state index contributed by atoms with van der Waals surface area (Å²) < 4.78 is 5.17. The number of rotatable bonds is 6. The van der Waals surface area contributed by atoms with Crippen molar-refractivity contribution in [3.8, 4) is 0 Å². The predicted octanol–water partition coefficient (Wildman–Crippen LogP) is 3.43. The van der Waals surface area contributed by atoms with Gasteiger partial charge in [-0.25, -0.2) is 0 Å². The molecule has 1 fully saturated rings. The molecular formula is C20H26N2O3. The first-order chi connectivity index (χ1) is 12.1. The number of H-pyrrole nitrogens is 1. The maximum atomic E-state index is 12.2. The SMILES string of the molecule is C[C@H]1CCCCN1C(=O)COC(=O)CCCc1c[nH]c2ccccc12. The second kappa shape index (κ2) is 8.19. The molecule has 1 N–H and O–H groups in total. The minimum atomic E-state index is -0.294. The molecule has 3 rings (SSSR count). The third kappa shape index (κ3) is 4.41. The van der Waals surface area contributed by atoms with Crippen molar-refractivity contribution in [2.45, 2.75) is 51.5 Å². The Hall–Kier alpha value is -2.30. The van der Waals surface area contributed by atoms with E-state index in [-0.39, 0.29) is 24.5 Å². The first-order valence-electron chi connectivity index (χ1n) is 9.15. The van der Waals surface area contributed by atoms with Gasteiger partial charge in [0.25, 0.3) is 5.91 Å². The largest absolute Gasteiger partial charge is 0.456 e. The molecule has 1 aromatic heterocycles. The van der Waals surface area contributed by atoms with Gasteiger partial charge in [-0.2, -0.15) is 0 Å². The number of piperidine rings is 1. The van der Waals surface area contributed by atoms with Gasteiger partial charge in [-0.05, 0) is 50.7 Å². The van der Waals surface area contributed by atoms with E-state index in [1.165, 1.54) is 17.4 Å². The summed E-state index contributed by atoms with van der Waals surface area (Å²) in [5.41, 5.74) is 2.32. The molecule has 1 aromatic carbocycles. The zero-order valence-corrected chi connectivity index (χ0v) is 14.8. The van der Waals surface area contributed by atoms with Crippen LogP contribution in [0.3, 0.4) is 0 Å². The van der Waals surface area contributed by atoms with E-state index in [1.54, 1.807) is 0 Å². The molecule has 0 spiro atoms. The maximum Gasteiger partial charge on any atom is 0.306 e.